The van der Waals surface area contributed by atoms with E-state index >= 15 is 0 Å². The number of carboxylic acid groups (broad SMARTS) is 1. The van der Waals surface area contributed by atoms with Crippen LogP contribution in [0, 0.1) is 5.92 Å². The number of nitrogens with zero attached hydrogens (tertiary/aromatic N) is 1. The monoisotopic (exact) mass is 285 g/mol. The van der Waals surface area contributed by atoms with Crippen LogP contribution >= 0.6 is 0 Å². The first-order valence-corrected chi connectivity index (χ1v) is 5.14. The number of halogens is 3. The van der Waals surface area contributed by atoms with E-state index in [-0.39, 0.29) is 6.04 Å². The molecule has 1 atom stereocenters. The van der Waals surface area contributed by atoms with Gasteiger partial charge in [0.25, 0.3) is 0 Å². The van der Waals surface area contributed by atoms with Crippen molar-refractivity contribution in [3.63, 3.8) is 0 Å². The molecule has 0 bridgehead atoms. The van der Waals surface area contributed by atoms with Gasteiger partial charge in [-0.3, -0.25) is 9.51 Å². The van der Waals surface area contributed by atoms with E-state index in [1.807, 2.05) is 13.8 Å². The van der Waals surface area contributed by atoms with Crippen molar-refractivity contribution < 1.29 is 27.6 Å². The maximum atomic E-state index is 10.6. The van der Waals surface area contributed by atoms with E-state index in [4.69, 9.17) is 15.6 Å². The van der Waals surface area contributed by atoms with Gasteiger partial charge in [0.1, 0.15) is 0 Å². The molecule has 0 saturated carbocycles. The molecular formula is C9H14F3N3O4. The number of aromatic nitrogens is 2. The number of rotatable bonds is 3. The van der Waals surface area contributed by atoms with Crippen LogP contribution in [0.2, 0.25) is 0 Å². The lowest BCUT2D eigenvalue weighted by Gasteiger charge is -2.12. The van der Waals surface area contributed by atoms with Gasteiger partial charge in [0, 0.05) is 12.5 Å². The topological polar surface area (TPSA) is 122 Å². The lowest BCUT2D eigenvalue weighted by Crippen LogP contribution is -2.29. The lowest BCUT2D eigenvalue weighted by atomic mass is 10.0. The molecule has 0 aliphatic heterocycles. The van der Waals surface area contributed by atoms with Gasteiger partial charge in [-0.25, -0.2) is 9.59 Å². The van der Waals surface area contributed by atoms with Gasteiger partial charge in [0.2, 0.25) is 0 Å². The van der Waals surface area contributed by atoms with E-state index in [0.717, 1.165) is 0 Å². The Balaban J connectivity index is 0.000000399. The molecule has 0 amide bonds. The number of carboxylic acids is 1. The van der Waals surface area contributed by atoms with Crippen LogP contribution in [0.15, 0.2) is 9.32 Å². The molecule has 0 spiro atoms. The third kappa shape index (κ3) is 7.24. The molecule has 1 aromatic heterocycles. The van der Waals surface area contributed by atoms with Crippen molar-refractivity contribution in [2.45, 2.75) is 32.5 Å². The SMILES string of the molecule is CC(C)[C@@H](N)Cc1noc(=O)[nH]1.O=C(O)C(F)(F)F. The van der Waals surface area contributed by atoms with E-state index in [2.05, 4.69) is 14.7 Å². The van der Waals surface area contributed by atoms with Crippen molar-refractivity contribution in [1.82, 2.24) is 10.1 Å². The molecule has 4 N–H and O–H groups in total. The minimum absolute atomic E-state index is 0.00532. The van der Waals surface area contributed by atoms with Gasteiger partial charge in [0.05, 0.1) is 0 Å². The van der Waals surface area contributed by atoms with Gasteiger partial charge in [0.15, 0.2) is 5.82 Å². The van der Waals surface area contributed by atoms with E-state index < -0.39 is 17.9 Å². The zero-order valence-electron chi connectivity index (χ0n) is 10.2. The lowest BCUT2D eigenvalue weighted by molar-refractivity contribution is -0.192. The summed E-state index contributed by atoms with van der Waals surface area (Å²) in [5.74, 6) is -2.40. The zero-order chi connectivity index (χ0) is 15.2. The van der Waals surface area contributed by atoms with Crippen molar-refractivity contribution in [3.8, 4) is 0 Å². The van der Waals surface area contributed by atoms with Crippen LogP contribution in [0.5, 0.6) is 0 Å². The molecular weight excluding hydrogens is 271 g/mol. The minimum Gasteiger partial charge on any atom is -0.475 e. The summed E-state index contributed by atoms with van der Waals surface area (Å²) in [5, 5.41) is 10.6. The van der Waals surface area contributed by atoms with Gasteiger partial charge < -0.3 is 10.8 Å². The Morgan fingerprint density at radius 3 is 2.26 bits per heavy atom. The van der Waals surface area contributed by atoms with Crippen LogP contribution < -0.4 is 11.5 Å². The number of H-pyrrole nitrogens is 1. The first-order chi connectivity index (χ1) is 8.54. The number of aliphatic carboxylic acids is 1. The highest BCUT2D eigenvalue weighted by Crippen LogP contribution is 2.13. The molecule has 1 heterocycles. The highest BCUT2D eigenvalue weighted by atomic mass is 19.4. The molecule has 10 heteroatoms. The standard InChI is InChI=1S/C7H13N3O2.C2HF3O2/c1-4(2)5(8)3-6-9-7(11)12-10-6;3-2(4,5)1(6)7/h4-5H,3,8H2,1-2H3,(H,9,10,11);(H,6,7)/t5-;/m0./s1. The molecule has 0 saturated heterocycles. The average molecular weight is 285 g/mol. The van der Waals surface area contributed by atoms with Crippen LogP contribution in [0.1, 0.15) is 19.7 Å². The molecule has 0 fully saturated rings. The fourth-order valence-corrected chi connectivity index (χ4v) is 0.807. The second kappa shape index (κ2) is 6.92. The number of alkyl halides is 3. The molecule has 7 nitrogen and oxygen atoms in total. The highest BCUT2D eigenvalue weighted by Gasteiger charge is 2.38. The Labute approximate surface area is 105 Å². The molecule has 1 aromatic rings. The summed E-state index contributed by atoms with van der Waals surface area (Å²) in [6, 6.07) is 0.00532. The minimum atomic E-state index is -5.08. The van der Waals surface area contributed by atoms with Gasteiger partial charge in [-0.15, -0.1) is 0 Å². The molecule has 0 aromatic carbocycles. The van der Waals surface area contributed by atoms with E-state index in [9.17, 15) is 18.0 Å². The van der Waals surface area contributed by atoms with E-state index in [1.54, 1.807) is 0 Å². The summed E-state index contributed by atoms with van der Waals surface area (Å²) in [6.07, 6.45) is -4.54. The highest BCUT2D eigenvalue weighted by molar-refractivity contribution is 5.73. The van der Waals surface area contributed by atoms with Gasteiger partial charge >= 0.3 is 17.9 Å². The largest absolute Gasteiger partial charge is 0.490 e. The normalized spacial score (nSPS) is 12.8. The van der Waals surface area contributed by atoms with Gasteiger partial charge in [-0.05, 0) is 5.92 Å². The van der Waals surface area contributed by atoms with Crippen LogP contribution in [0.25, 0.3) is 0 Å². The fourth-order valence-electron chi connectivity index (χ4n) is 0.807. The predicted octanol–water partition coefficient (Wildman–Crippen LogP) is 0.522. The summed E-state index contributed by atoms with van der Waals surface area (Å²) in [5.41, 5.74) is 5.75. The Morgan fingerprint density at radius 2 is 2.00 bits per heavy atom. The summed E-state index contributed by atoms with van der Waals surface area (Å²) in [7, 11) is 0. The Kier molecular flexibility index (Phi) is 6.25. The number of nitrogens with two attached hydrogens (primary N) is 1. The molecule has 110 valence electrons. The number of hydrogen-bond donors (Lipinski definition) is 3. The number of aromatic amines is 1. The van der Waals surface area contributed by atoms with Crippen LogP contribution in [-0.2, 0) is 11.2 Å². The first kappa shape index (κ1) is 17.2. The Bertz CT molecular complexity index is 452. The maximum absolute atomic E-state index is 10.6. The second-order valence-corrected chi connectivity index (χ2v) is 3.96. The summed E-state index contributed by atoms with van der Waals surface area (Å²) >= 11 is 0. The molecule has 0 aliphatic carbocycles. The summed E-state index contributed by atoms with van der Waals surface area (Å²) in [4.78, 5) is 21.9. The van der Waals surface area contributed by atoms with Crippen molar-refractivity contribution in [2.75, 3.05) is 0 Å². The summed E-state index contributed by atoms with van der Waals surface area (Å²) < 4.78 is 36.1. The number of carbonyl (C=O) groups is 1. The van der Waals surface area contributed by atoms with Crippen LogP contribution in [0.3, 0.4) is 0 Å². The van der Waals surface area contributed by atoms with Gasteiger partial charge in [-0.2, -0.15) is 13.2 Å². The Morgan fingerprint density at radius 1 is 1.53 bits per heavy atom. The zero-order valence-corrected chi connectivity index (χ0v) is 10.2. The molecule has 19 heavy (non-hydrogen) atoms. The van der Waals surface area contributed by atoms with E-state index in [0.29, 0.717) is 18.2 Å². The molecule has 0 radical (unpaired) electrons. The van der Waals surface area contributed by atoms with Crippen molar-refractivity contribution in [1.29, 1.82) is 0 Å². The smallest absolute Gasteiger partial charge is 0.475 e. The second-order valence-electron chi connectivity index (χ2n) is 3.96. The molecule has 0 aliphatic rings. The number of nitrogens with one attached hydrogen (secondary N) is 1. The third-order valence-electron chi connectivity index (χ3n) is 2.01. The van der Waals surface area contributed by atoms with Gasteiger partial charge in [-0.1, -0.05) is 19.0 Å². The number of hydrogen-bond acceptors (Lipinski definition) is 5. The quantitative estimate of drug-likeness (QED) is 0.744. The van der Waals surface area contributed by atoms with Crippen molar-refractivity contribution in [3.05, 3.63) is 16.4 Å². The third-order valence-corrected chi connectivity index (χ3v) is 2.01. The summed E-state index contributed by atoms with van der Waals surface area (Å²) in [6.45, 7) is 4.03. The van der Waals surface area contributed by atoms with Crippen LogP contribution in [0.4, 0.5) is 13.2 Å². The molecule has 0 unspecified atom stereocenters. The predicted molar refractivity (Wildman–Crippen MR) is 57.3 cm³/mol. The van der Waals surface area contributed by atoms with Crippen molar-refractivity contribution in [2.24, 2.45) is 11.7 Å². The maximum Gasteiger partial charge on any atom is 0.490 e. The first-order valence-electron chi connectivity index (χ1n) is 5.14. The van der Waals surface area contributed by atoms with Crippen LogP contribution in [-0.4, -0.2) is 33.4 Å². The molecule has 1 rings (SSSR count). The fraction of sp³-hybridized carbons (Fsp3) is 0.667. The van der Waals surface area contributed by atoms with Crippen molar-refractivity contribution >= 4 is 5.97 Å². The average Bonchev–Trinajstić information content (AvgIpc) is 2.63. The van der Waals surface area contributed by atoms with E-state index in [1.165, 1.54) is 0 Å². The Hall–Kier alpha value is -1.84.